The van der Waals surface area contributed by atoms with E-state index in [0.717, 1.165) is 30.1 Å². The van der Waals surface area contributed by atoms with Crippen LogP contribution in [-0.2, 0) is 6.42 Å². The zero-order valence-corrected chi connectivity index (χ0v) is 12.5. The van der Waals surface area contributed by atoms with Crippen LogP contribution in [0.15, 0.2) is 47.4 Å². The van der Waals surface area contributed by atoms with Crippen LogP contribution in [0.2, 0.25) is 0 Å². The van der Waals surface area contributed by atoms with Gasteiger partial charge in [0.15, 0.2) is 0 Å². The first-order valence-corrected chi connectivity index (χ1v) is 7.92. The van der Waals surface area contributed by atoms with Crippen LogP contribution >= 0.6 is 11.8 Å². The van der Waals surface area contributed by atoms with Crippen molar-refractivity contribution in [2.75, 3.05) is 12.4 Å². The van der Waals surface area contributed by atoms with Gasteiger partial charge in [-0.2, -0.15) is 0 Å². The highest BCUT2D eigenvalue weighted by Crippen LogP contribution is 2.34. The highest BCUT2D eigenvalue weighted by atomic mass is 32.2. The van der Waals surface area contributed by atoms with E-state index >= 15 is 0 Å². The summed E-state index contributed by atoms with van der Waals surface area (Å²) in [6, 6.07) is 14.9. The van der Waals surface area contributed by atoms with Crippen LogP contribution in [0.5, 0.6) is 5.75 Å². The van der Waals surface area contributed by atoms with Crippen LogP contribution in [0.4, 0.5) is 0 Å². The Hall–Kier alpha value is -1.45. The summed E-state index contributed by atoms with van der Waals surface area (Å²) < 4.78 is 5.73. The Labute approximate surface area is 124 Å². The zero-order valence-electron chi connectivity index (χ0n) is 11.6. The smallest absolute Gasteiger partial charge is 0.127 e. The van der Waals surface area contributed by atoms with Gasteiger partial charge in [-0.15, -0.1) is 11.8 Å². The van der Waals surface area contributed by atoms with Gasteiger partial charge in [0, 0.05) is 28.7 Å². The second kappa shape index (κ2) is 5.90. The Morgan fingerprint density at radius 2 is 2.00 bits per heavy atom. The fourth-order valence-corrected chi connectivity index (χ4v) is 3.32. The van der Waals surface area contributed by atoms with Crippen molar-refractivity contribution in [1.82, 2.24) is 0 Å². The molecule has 0 saturated carbocycles. The van der Waals surface area contributed by atoms with Gasteiger partial charge in [0.2, 0.25) is 0 Å². The number of hydrogen-bond acceptors (Lipinski definition) is 3. The van der Waals surface area contributed by atoms with Crippen molar-refractivity contribution in [1.29, 1.82) is 0 Å². The van der Waals surface area contributed by atoms with Gasteiger partial charge < -0.3 is 10.5 Å². The predicted octanol–water partition coefficient (Wildman–Crippen LogP) is 3.72. The van der Waals surface area contributed by atoms with Gasteiger partial charge >= 0.3 is 0 Å². The van der Waals surface area contributed by atoms with Gasteiger partial charge in [-0.3, -0.25) is 0 Å². The largest absolute Gasteiger partial charge is 0.493 e. The highest BCUT2D eigenvalue weighted by Gasteiger charge is 2.19. The van der Waals surface area contributed by atoms with Gasteiger partial charge in [0.1, 0.15) is 5.75 Å². The first-order chi connectivity index (χ1) is 9.74. The minimum absolute atomic E-state index is 0.00866. The molecule has 1 heterocycles. The summed E-state index contributed by atoms with van der Waals surface area (Å²) in [5.74, 6) is 1.88. The number of hydrogen-bond donors (Lipinski definition) is 1. The van der Waals surface area contributed by atoms with Crippen LogP contribution in [0.25, 0.3) is 0 Å². The molecule has 3 heteroatoms. The first-order valence-electron chi connectivity index (χ1n) is 6.93. The van der Waals surface area contributed by atoms with E-state index in [4.69, 9.17) is 10.5 Å². The van der Waals surface area contributed by atoms with Crippen LogP contribution in [0, 0.1) is 6.92 Å². The van der Waals surface area contributed by atoms with Crippen molar-refractivity contribution in [3.8, 4) is 5.75 Å². The molecule has 1 aliphatic rings. The van der Waals surface area contributed by atoms with Gasteiger partial charge in [0.25, 0.3) is 0 Å². The van der Waals surface area contributed by atoms with E-state index < -0.39 is 0 Å². The number of benzene rings is 2. The maximum atomic E-state index is 6.34. The molecule has 2 aromatic rings. The molecule has 0 spiro atoms. The fraction of sp³-hybridized carbons (Fsp3) is 0.294. The van der Waals surface area contributed by atoms with Crippen molar-refractivity contribution >= 4 is 11.8 Å². The lowest BCUT2D eigenvalue weighted by molar-refractivity contribution is 0.352. The van der Waals surface area contributed by atoms with Crippen molar-refractivity contribution < 1.29 is 4.74 Å². The van der Waals surface area contributed by atoms with E-state index in [1.165, 1.54) is 16.0 Å². The molecule has 20 heavy (non-hydrogen) atoms. The predicted molar refractivity (Wildman–Crippen MR) is 84.5 cm³/mol. The first kappa shape index (κ1) is 13.5. The number of thioether (sulfide) groups is 1. The number of ether oxygens (including phenoxy) is 1. The monoisotopic (exact) mass is 285 g/mol. The minimum Gasteiger partial charge on any atom is -0.493 e. The molecule has 1 unspecified atom stereocenters. The standard InChI is InChI=1S/C17H19NOS/c1-12-5-7-14(8-6-12)20-11-16(18)15-4-2-3-13-9-10-19-17(13)15/h2-8,16H,9-11,18H2,1H3. The fourth-order valence-electron chi connectivity index (χ4n) is 2.44. The molecule has 1 atom stereocenters. The highest BCUT2D eigenvalue weighted by molar-refractivity contribution is 7.99. The Morgan fingerprint density at radius 3 is 2.80 bits per heavy atom. The molecule has 1 aliphatic heterocycles. The third-order valence-electron chi connectivity index (χ3n) is 3.59. The van der Waals surface area contributed by atoms with E-state index in [1.807, 2.05) is 0 Å². The van der Waals surface area contributed by atoms with Gasteiger partial charge in [-0.1, -0.05) is 35.9 Å². The number of aryl methyl sites for hydroxylation is 1. The number of nitrogens with two attached hydrogens (primary N) is 1. The summed E-state index contributed by atoms with van der Waals surface area (Å²) in [5, 5.41) is 0. The molecule has 0 fully saturated rings. The Morgan fingerprint density at radius 1 is 1.20 bits per heavy atom. The molecular formula is C17H19NOS. The molecule has 2 aromatic carbocycles. The molecule has 2 N–H and O–H groups in total. The van der Waals surface area contributed by atoms with Crippen molar-refractivity contribution in [3.05, 3.63) is 59.2 Å². The van der Waals surface area contributed by atoms with Crippen molar-refractivity contribution in [2.45, 2.75) is 24.3 Å². The zero-order chi connectivity index (χ0) is 13.9. The number of rotatable bonds is 4. The van der Waals surface area contributed by atoms with Crippen LogP contribution < -0.4 is 10.5 Å². The number of para-hydroxylation sites is 1. The lowest BCUT2D eigenvalue weighted by Crippen LogP contribution is -2.14. The van der Waals surface area contributed by atoms with Gasteiger partial charge in [-0.25, -0.2) is 0 Å². The molecular weight excluding hydrogens is 266 g/mol. The SMILES string of the molecule is Cc1ccc(SCC(N)c2cccc3c2OCC3)cc1. The summed E-state index contributed by atoms with van der Waals surface area (Å²) in [7, 11) is 0. The Kier molecular flexibility index (Phi) is 3.99. The topological polar surface area (TPSA) is 35.2 Å². The quantitative estimate of drug-likeness (QED) is 0.870. The molecule has 0 amide bonds. The summed E-state index contributed by atoms with van der Waals surface area (Å²) >= 11 is 1.80. The average molecular weight is 285 g/mol. The van der Waals surface area contributed by atoms with Crippen LogP contribution in [-0.4, -0.2) is 12.4 Å². The van der Waals surface area contributed by atoms with E-state index in [1.54, 1.807) is 11.8 Å². The molecule has 2 nitrogen and oxygen atoms in total. The Balaban J connectivity index is 1.69. The van der Waals surface area contributed by atoms with E-state index in [0.29, 0.717) is 0 Å². The Bertz CT molecular complexity index is 594. The molecule has 0 radical (unpaired) electrons. The maximum absolute atomic E-state index is 6.34. The molecule has 0 aromatic heterocycles. The third-order valence-corrected chi connectivity index (χ3v) is 4.73. The summed E-state index contributed by atoms with van der Waals surface area (Å²) in [6.45, 7) is 2.88. The second-order valence-electron chi connectivity index (χ2n) is 5.16. The lowest BCUT2D eigenvalue weighted by atomic mass is 10.0. The van der Waals surface area contributed by atoms with Crippen molar-refractivity contribution in [3.63, 3.8) is 0 Å². The lowest BCUT2D eigenvalue weighted by Gasteiger charge is -2.15. The van der Waals surface area contributed by atoms with E-state index in [2.05, 4.69) is 49.4 Å². The average Bonchev–Trinajstić information content (AvgIpc) is 2.94. The molecule has 0 bridgehead atoms. The summed E-state index contributed by atoms with van der Waals surface area (Å²) in [5.41, 5.74) is 10.1. The molecule has 0 saturated heterocycles. The van der Waals surface area contributed by atoms with E-state index in [9.17, 15) is 0 Å². The number of fused-ring (bicyclic) bond motifs is 1. The van der Waals surface area contributed by atoms with Gasteiger partial charge in [0.05, 0.1) is 6.61 Å². The molecule has 3 rings (SSSR count). The van der Waals surface area contributed by atoms with Gasteiger partial charge in [-0.05, 0) is 24.6 Å². The molecule has 104 valence electrons. The van der Waals surface area contributed by atoms with E-state index in [-0.39, 0.29) is 6.04 Å². The van der Waals surface area contributed by atoms with Crippen molar-refractivity contribution in [2.24, 2.45) is 5.73 Å². The second-order valence-corrected chi connectivity index (χ2v) is 6.26. The minimum atomic E-state index is 0.00866. The summed E-state index contributed by atoms with van der Waals surface area (Å²) in [6.07, 6.45) is 1.00. The third kappa shape index (κ3) is 2.84. The summed E-state index contributed by atoms with van der Waals surface area (Å²) in [4.78, 5) is 1.26. The van der Waals surface area contributed by atoms with Crippen LogP contribution in [0.3, 0.4) is 0 Å². The molecule has 0 aliphatic carbocycles. The maximum Gasteiger partial charge on any atom is 0.127 e. The van der Waals surface area contributed by atoms with Crippen LogP contribution in [0.1, 0.15) is 22.7 Å². The normalized spacial score (nSPS) is 14.7.